The number of benzene rings is 2. The number of rotatable bonds is 6. The maximum absolute atomic E-state index is 12.1. The number of nitrogens with one attached hydrogen (secondary N) is 1. The minimum atomic E-state index is -0.219. The fourth-order valence-corrected chi connectivity index (χ4v) is 3.31. The molecule has 0 bridgehead atoms. The highest BCUT2D eigenvalue weighted by Crippen LogP contribution is 2.27. The van der Waals surface area contributed by atoms with Crippen molar-refractivity contribution in [2.75, 3.05) is 18.2 Å². The van der Waals surface area contributed by atoms with Gasteiger partial charge in [0.25, 0.3) is 5.22 Å². The summed E-state index contributed by atoms with van der Waals surface area (Å²) in [5.74, 6) is 1.03. The fraction of sp³-hybridized carbons (Fsp3) is 0.118. The largest absolute Gasteiger partial charge is 0.497 e. The molecule has 0 unspecified atom stereocenters. The van der Waals surface area contributed by atoms with Crippen molar-refractivity contribution in [1.29, 1.82) is 0 Å². The van der Waals surface area contributed by atoms with E-state index in [1.165, 1.54) is 0 Å². The number of halogens is 2. The molecule has 0 radical (unpaired) electrons. The van der Waals surface area contributed by atoms with E-state index in [4.69, 9.17) is 20.8 Å². The molecule has 6 nitrogen and oxygen atoms in total. The van der Waals surface area contributed by atoms with Crippen molar-refractivity contribution in [3.05, 3.63) is 52.0 Å². The third-order valence-corrected chi connectivity index (χ3v) is 4.90. The van der Waals surface area contributed by atoms with Crippen LogP contribution >= 0.6 is 39.3 Å². The third-order valence-electron chi connectivity index (χ3n) is 3.28. The van der Waals surface area contributed by atoms with E-state index in [-0.39, 0.29) is 11.7 Å². The zero-order valence-corrected chi connectivity index (χ0v) is 16.7. The summed E-state index contributed by atoms with van der Waals surface area (Å²) in [5.41, 5.74) is 1.32. The first-order chi connectivity index (χ1) is 12.5. The zero-order chi connectivity index (χ0) is 18.5. The Bertz CT molecular complexity index is 918. The number of hydrogen-bond acceptors (Lipinski definition) is 6. The molecule has 1 aromatic heterocycles. The highest BCUT2D eigenvalue weighted by molar-refractivity contribution is 9.10. The molecule has 134 valence electrons. The summed E-state index contributed by atoms with van der Waals surface area (Å²) < 4.78 is 11.5. The summed E-state index contributed by atoms with van der Waals surface area (Å²) >= 11 is 10.6. The third kappa shape index (κ3) is 4.78. The molecule has 0 spiro atoms. The van der Waals surface area contributed by atoms with Gasteiger partial charge in [-0.1, -0.05) is 39.3 Å². The van der Waals surface area contributed by atoms with E-state index in [0.29, 0.717) is 21.8 Å². The van der Waals surface area contributed by atoms with Crippen LogP contribution in [0.15, 0.2) is 56.6 Å². The average molecular weight is 455 g/mol. The van der Waals surface area contributed by atoms with E-state index >= 15 is 0 Å². The first-order valence-electron chi connectivity index (χ1n) is 7.41. The molecule has 26 heavy (non-hydrogen) atoms. The highest BCUT2D eigenvalue weighted by atomic mass is 79.9. The number of carbonyl (C=O) groups excluding carboxylic acids is 1. The first-order valence-corrected chi connectivity index (χ1v) is 9.56. The predicted molar refractivity (Wildman–Crippen MR) is 105 cm³/mol. The van der Waals surface area contributed by atoms with Crippen LogP contribution in [0.3, 0.4) is 0 Å². The quantitative estimate of drug-likeness (QED) is 0.534. The molecule has 1 amide bonds. The molecule has 0 aliphatic carbocycles. The Hall–Kier alpha value is -2.03. The van der Waals surface area contributed by atoms with Crippen molar-refractivity contribution in [3.63, 3.8) is 0 Å². The molecule has 0 fully saturated rings. The Morgan fingerprint density at radius 1 is 1.27 bits per heavy atom. The Balaban J connectivity index is 1.58. The Morgan fingerprint density at radius 2 is 2.04 bits per heavy atom. The number of carbonyl (C=O) groups is 1. The van der Waals surface area contributed by atoms with Crippen LogP contribution in [0.2, 0.25) is 5.02 Å². The molecule has 0 aliphatic rings. The number of amides is 1. The smallest absolute Gasteiger partial charge is 0.277 e. The van der Waals surface area contributed by atoms with Crippen LogP contribution in [0.1, 0.15) is 0 Å². The summed E-state index contributed by atoms with van der Waals surface area (Å²) in [6.07, 6.45) is 0. The molecule has 0 saturated heterocycles. The van der Waals surface area contributed by atoms with E-state index in [9.17, 15) is 4.79 Å². The van der Waals surface area contributed by atoms with Gasteiger partial charge < -0.3 is 14.5 Å². The van der Waals surface area contributed by atoms with E-state index in [1.54, 1.807) is 25.3 Å². The Labute approximate surface area is 167 Å². The molecular formula is C17H13BrClN3O3S. The molecule has 0 saturated carbocycles. The monoisotopic (exact) mass is 453 g/mol. The standard InChI is InChI=1S/C17H13BrClN3O3S/c1-24-12-5-2-10(3-6-12)16-21-22-17(25-16)26-9-15(23)20-14-7-4-11(18)8-13(14)19/h2-8H,9H2,1H3,(H,20,23). The number of hydrogen-bond donors (Lipinski definition) is 1. The van der Waals surface area contributed by atoms with Crippen LogP contribution < -0.4 is 10.1 Å². The van der Waals surface area contributed by atoms with E-state index in [0.717, 1.165) is 27.5 Å². The summed E-state index contributed by atoms with van der Waals surface area (Å²) in [5, 5.41) is 11.4. The van der Waals surface area contributed by atoms with Gasteiger partial charge >= 0.3 is 0 Å². The maximum Gasteiger partial charge on any atom is 0.277 e. The molecule has 2 aromatic carbocycles. The van der Waals surface area contributed by atoms with Crippen LogP contribution in [0.4, 0.5) is 5.69 Å². The average Bonchev–Trinajstić information content (AvgIpc) is 3.11. The lowest BCUT2D eigenvalue weighted by Gasteiger charge is -2.06. The summed E-state index contributed by atoms with van der Waals surface area (Å²) in [6, 6.07) is 12.5. The predicted octanol–water partition coefficient (Wildman–Crippen LogP) is 4.89. The van der Waals surface area contributed by atoms with Crippen molar-refractivity contribution in [1.82, 2.24) is 10.2 Å². The van der Waals surface area contributed by atoms with Gasteiger partial charge in [0.15, 0.2) is 0 Å². The number of aromatic nitrogens is 2. The number of methoxy groups -OCH3 is 1. The van der Waals surface area contributed by atoms with Gasteiger partial charge in [0.2, 0.25) is 11.8 Å². The molecule has 1 heterocycles. The van der Waals surface area contributed by atoms with Crippen molar-refractivity contribution in [3.8, 4) is 17.2 Å². The lowest BCUT2D eigenvalue weighted by Crippen LogP contribution is -2.14. The van der Waals surface area contributed by atoms with E-state index < -0.39 is 0 Å². The summed E-state index contributed by atoms with van der Waals surface area (Å²) in [4.78, 5) is 12.1. The number of anilines is 1. The molecule has 3 aromatic rings. The zero-order valence-electron chi connectivity index (χ0n) is 13.5. The van der Waals surface area contributed by atoms with Gasteiger partial charge in [-0.3, -0.25) is 4.79 Å². The van der Waals surface area contributed by atoms with E-state index in [1.807, 2.05) is 24.3 Å². The SMILES string of the molecule is COc1ccc(-c2nnc(SCC(=O)Nc3ccc(Br)cc3Cl)o2)cc1. The van der Waals surface area contributed by atoms with Crippen molar-refractivity contribution >= 4 is 50.9 Å². The normalized spacial score (nSPS) is 10.6. The number of ether oxygens (including phenoxy) is 1. The number of thioether (sulfide) groups is 1. The molecule has 0 aliphatic heterocycles. The van der Waals surface area contributed by atoms with E-state index in [2.05, 4.69) is 31.4 Å². The van der Waals surface area contributed by atoms with Crippen LogP contribution in [0, 0.1) is 0 Å². The Kier molecular flexibility index (Phi) is 6.18. The van der Waals surface area contributed by atoms with Gasteiger partial charge in [-0.25, -0.2) is 0 Å². The topological polar surface area (TPSA) is 77.2 Å². The second kappa shape index (κ2) is 8.57. The lowest BCUT2D eigenvalue weighted by atomic mass is 10.2. The molecule has 1 N–H and O–H groups in total. The van der Waals surface area contributed by atoms with Gasteiger partial charge in [-0.15, -0.1) is 10.2 Å². The van der Waals surface area contributed by atoms with Crippen molar-refractivity contribution in [2.24, 2.45) is 0 Å². The van der Waals surface area contributed by atoms with Gasteiger partial charge in [0, 0.05) is 10.0 Å². The van der Waals surface area contributed by atoms with Crippen molar-refractivity contribution in [2.45, 2.75) is 5.22 Å². The summed E-state index contributed by atoms with van der Waals surface area (Å²) in [7, 11) is 1.60. The van der Waals surface area contributed by atoms with Crippen LogP contribution in [0.5, 0.6) is 5.75 Å². The maximum atomic E-state index is 12.1. The Morgan fingerprint density at radius 3 is 2.73 bits per heavy atom. The van der Waals surface area contributed by atoms with Crippen LogP contribution in [-0.2, 0) is 4.79 Å². The number of nitrogens with zero attached hydrogens (tertiary/aromatic N) is 2. The van der Waals surface area contributed by atoms with Gasteiger partial charge in [-0.2, -0.15) is 0 Å². The van der Waals surface area contributed by atoms with Crippen LogP contribution in [0.25, 0.3) is 11.5 Å². The first kappa shape index (κ1) is 18.8. The molecular weight excluding hydrogens is 442 g/mol. The lowest BCUT2D eigenvalue weighted by molar-refractivity contribution is -0.113. The van der Waals surface area contributed by atoms with Gasteiger partial charge in [-0.05, 0) is 42.5 Å². The van der Waals surface area contributed by atoms with Crippen LogP contribution in [-0.4, -0.2) is 29.0 Å². The molecule has 3 rings (SSSR count). The molecule has 0 atom stereocenters. The second-order valence-electron chi connectivity index (χ2n) is 5.06. The summed E-state index contributed by atoms with van der Waals surface area (Å²) in [6.45, 7) is 0. The van der Waals surface area contributed by atoms with Gasteiger partial charge in [0.1, 0.15) is 5.75 Å². The fourth-order valence-electron chi connectivity index (χ4n) is 2.02. The highest BCUT2D eigenvalue weighted by Gasteiger charge is 2.12. The van der Waals surface area contributed by atoms with Crippen molar-refractivity contribution < 1.29 is 13.9 Å². The molecule has 9 heteroatoms. The second-order valence-corrected chi connectivity index (χ2v) is 7.31. The minimum Gasteiger partial charge on any atom is -0.497 e. The minimum absolute atomic E-state index is 0.122. The van der Waals surface area contributed by atoms with Gasteiger partial charge in [0.05, 0.1) is 23.6 Å².